The maximum absolute atomic E-state index is 9.12. The van der Waals surface area contributed by atoms with Gasteiger partial charge in [0.1, 0.15) is 24.4 Å². The normalized spacial score (nSPS) is 49.2. The van der Waals surface area contributed by atoms with Crippen molar-refractivity contribution in [3.63, 3.8) is 0 Å². The Kier molecular flexibility index (Phi) is 2.99. The molecule has 12 heavy (non-hydrogen) atoms. The van der Waals surface area contributed by atoms with Crippen molar-refractivity contribution in [1.82, 2.24) is 0 Å². The van der Waals surface area contributed by atoms with Gasteiger partial charge in [0.05, 0.1) is 6.61 Å². The Morgan fingerprint density at radius 2 is 1.50 bits per heavy atom. The monoisotopic (exact) mass is 182 g/mol. The van der Waals surface area contributed by atoms with Gasteiger partial charge in [-0.1, -0.05) is 0 Å². The molecule has 0 bridgehead atoms. The van der Waals surface area contributed by atoms with E-state index in [0.29, 0.717) is 0 Å². The van der Waals surface area contributed by atoms with E-state index in [1.54, 1.807) is 0 Å². The van der Waals surface area contributed by atoms with Gasteiger partial charge in [-0.3, -0.25) is 0 Å². The van der Waals surface area contributed by atoms with Crippen LogP contribution >= 0.6 is 0 Å². The van der Waals surface area contributed by atoms with Crippen molar-refractivity contribution in [2.75, 3.05) is 6.61 Å². The second-order valence-electron chi connectivity index (χ2n) is 2.72. The molecule has 1 heterocycles. The first kappa shape index (κ1) is 9.85. The third-order valence-corrected chi connectivity index (χ3v) is 1.87. The lowest BCUT2D eigenvalue weighted by molar-refractivity contribution is -0.286. The van der Waals surface area contributed by atoms with Gasteiger partial charge >= 0.3 is 0 Å². The Labute approximate surface area is 68.6 Å². The van der Waals surface area contributed by atoms with Crippen LogP contribution < -0.4 is 0 Å². The quantitative estimate of drug-likeness (QED) is 0.273. The van der Waals surface area contributed by atoms with Crippen molar-refractivity contribution in [1.29, 1.82) is 0 Å². The molecule has 5 N–H and O–H groups in total. The summed E-state index contributed by atoms with van der Waals surface area (Å²) in [6.07, 6.45) is -7.04. The highest BCUT2D eigenvalue weighted by Gasteiger charge is 2.42. The van der Waals surface area contributed by atoms with Gasteiger partial charge in [-0.15, -0.1) is 0 Å². The lowest BCUT2D eigenvalue weighted by Crippen LogP contribution is -2.58. The molecule has 0 radical (unpaired) electrons. The Morgan fingerprint density at radius 3 is 2.00 bits per heavy atom. The number of rotatable bonds is 1. The minimum Gasteiger partial charge on any atom is -0.394 e. The first-order valence-electron chi connectivity index (χ1n) is 3.56. The third kappa shape index (κ3) is 1.58. The van der Waals surface area contributed by atoms with Crippen LogP contribution in [-0.4, -0.2) is 62.8 Å². The number of hydrogen-bond donors (Lipinski definition) is 5. The fourth-order valence-corrected chi connectivity index (χ4v) is 1.08. The highest BCUT2D eigenvalue weighted by Crippen LogP contribution is 2.18. The molecule has 0 aliphatic carbocycles. The van der Waals surface area contributed by atoms with Gasteiger partial charge < -0.3 is 30.3 Å². The Balaban J connectivity index is 2.63. The first-order valence-corrected chi connectivity index (χ1v) is 3.56. The lowest BCUT2D eigenvalue weighted by Gasteiger charge is -2.37. The molecule has 6 heteroatoms. The van der Waals surface area contributed by atoms with Crippen LogP contribution in [-0.2, 0) is 4.74 Å². The second-order valence-corrected chi connectivity index (χ2v) is 2.72. The van der Waals surface area contributed by atoms with Crippen LogP contribution in [0.2, 0.25) is 0 Å². The van der Waals surface area contributed by atoms with Gasteiger partial charge in [0, 0.05) is 0 Å². The van der Waals surface area contributed by atoms with Gasteiger partial charge in [0.2, 0.25) is 0 Å². The SMILES string of the molecule is OCC1O[13CH](O)[13CH](O)C(O)[C@@H]1O. The number of aliphatic hydroxyl groups excluding tert-OH is 5. The summed E-state index contributed by atoms with van der Waals surface area (Å²) in [6.45, 7) is -0.526. The van der Waals surface area contributed by atoms with Crippen LogP contribution in [0.15, 0.2) is 0 Å². The van der Waals surface area contributed by atoms with Crippen molar-refractivity contribution < 1.29 is 30.3 Å². The summed E-state index contributed by atoms with van der Waals surface area (Å²) in [5.74, 6) is 0. The Hall–Kier alpha value is -0.240. The summed E-state index contributed by atoms with van der Waals surface area (Å²) in [7, 11) is 0. The highest BCUT2D eigenvalue weighted by molar-refractivity contribution is 4.87. The summed E-state index contributed by atoms with van der Waals surface area (Å²) in [5, 5.41) is 44.7. The van der Waals surface area contributed by atoms with Crippen molar-refractivity contribution in [3.8, 4) is 0 Å². The minimum absolute atomic E-state index is 0.526. The molecule has 5 atom stereocenters. The molecule has 0 aromatic rings. The Morgan fingerprint density at radius 1 is 0.917 bits per heavy atom. The van der Waals surface area contributed by atoms with E-state index in [1.165, 1.54) is 0 Å². The van der Waals surface area contributed by atoms with E-state index >= 15 is 0 Å². The van der Waals surface area contributed by atoms with Crippen LogP contribution in [0.1, 0.15) is 0 Å². The van der Waals surface area contributed by atoms with Crippen molar-refractivity contribution in [2.24, 2.45) is 0 Å². The minimum atomic E-state index is -1.57. The zero-order chi connectivity index (χ0) is 9.30. The highest BCUT2D eigenvalue weighted by atomic mass is 16.8. The van der Waals surface area contributed by atoms with E-state index < -0.39 is 37.3 Å². The number of aliphatic hydroxyl groups is 5. The van der Waals surface area contributed by atoms with Crippen LogP contribution in [0.4, 0.5) is 0 Å². The average molecular weight is 182 g/mol. The summed E-state index contributed by atoms with van der Waals surface area (Å²) < 4.78 is 4.58. The molecule has 72 valence electrons. The topological polar surface area (TPSA) is 110 Å². The largest absolute Gasteiger partial charge is 0.394 e. The smallest absolute Gasteiger partial charge is 0.184 e. The molecule has 1 aliphatic heterocycles. The summed E-state index contributed by atoms with van der Waals surface area (Å²) in [6, 6.07) is 0. The average Bonchev–Trinajstić information content (AvgIpc) is 2.08. The number of hydrogen-bond acceptors (Lipinski definition) is 6. The van der Waals surface area contributed by atoms with Crippen molar-refractivity contribution in [2.45, 2.75) is 30.7 Å². The molecule has 0 aromatic carbocycles. The van der Waals surface area contributed by atoms with E-state index in [1.807, 2.05) is 0 Å². The van der Waals surface area contributed by atoms with E-state index in [4.69, 9.17) is 25.5 Å². The van der Waals surface area contributed by atoms with Crippen molar-refractivity contribution in [3.05, 3.63) is 0 Å². The molecular weight excluding hydrogens is 170 g/mol. The summed E-state index contributed by atoms with van der Waals surface area (Å²) in [4.78, 5) is 0. The molecule has 0 spiro atoms. The standard InChI is InChI=1S/C6H12O6/c7-1-2-3(8)4(9)5(10)6(11)12-2/h2-11H,1H2/t2?,3-,4?,5?,6?/m1/s1/i5+1,6+1. The zero-order valence-corrected chi connectivity index (χ0v) is 6.24. The summed E-state index contributed by atoms with van der Waals surface area (Å²) >= 11 is 0. The van der Waals surface area contributed by atoms with Gasteiger partial charge in [0.15, 0.2) is 6.29 Å². The maximum atomic E-state index is 9.12. The van der Waals surface area contributed by atoms with Crippen LogP contribution in [0.3, 0.4) is 0 Å². The molecule has 0 amide bonds. The van der Waals surface area contributed by atoms with E-state index in [2.05, 4.69) is 4.74 Å². The fourth-order valence-electron chi connectivity index (χ4n) is 1.08. The molecule has 1 rings (SSSR count). The molecule has 0 saturated carbocycles. The maximum Gasteiger partial charge on any atom is 0.184 e. The Bertz CT molecular complexity index is 146. The van der Waals surface area contributed by atoms with Crippen LogP contribution in [0.5, 0.6) is 0 Å². The van der Waals surface area contributed by atoms with Gasteiger partial charge in [-0.05, 0) is 0 Å². The summed E-state index contributed by atoms with van der Waals surface area (Å²) in [5.41, 5.74) is 0. The zero-order valence-electron chi connectivity index (χ0n) is 6.24. The third-order valence-electron chi connectivity index (χ3n) is 1.87. The van der Waals surface area contributed by atoms with E-state index in [0.717, 1.165) is 0 Å². The first-order chi connectivity index (χ1) is 5.57. The molecule has 4 unspecified atom stereocenters. The van der Waals surface area contributed by atoms with Gasteiger partial charge in [0.25, 0.3) is 0 Å². The molecule has 1 saturated heterocycles. The van der Waals surface area contributed by atoms with Crippen molar-refractivity contribution >= 4 is 0 Å². The molecule has 6 nitrogen and oxygen atoms in total. The molecule has 0 aromatic heterocycles. The molecule has 1 fully saturated rings. The predicted octanol–water partition coefficient (Wildman–Crippen LogP) is -3.22. The van der Waals surface area contributed by atoms with E-state index in [9.17, 15) is 0 Å². The van der Waals surface area contributed by atoms with Crippen LogP contribution in [0, 0.1) is 0 Å². The second kappa shape index (κ2) is 3.65. The molecular formula is C6H12O6. The predicted molar refractivity (Wildman–Crippen MR) is 36.0 cm³/mol. The van der Waals surface area contributed by atoms with E-state index in [-0.39, 0.29) is 0 Å². The van der Waals surface area contributed by atoms with Gasteiger partial charge in [-0.2, -0.15) is 0 Å². The number of ether oxygens (including phenoxy) is 1. The molecule has 1 aliphatic rings. The fraction of sp³-hybridized carbons (Fsp3) is 1.00. The van der Waals surface area contributed by atoms with Gasteiger partial charge in [-0.25, -0.2) is 0 Å². The van der Waals surface area contributed by atoms with Crippen LogP contribution in [0.25, 0.3) is 0 Å². The lowest BCUT2D eigenvalue weighted by atomic mass is 10.1.